The van der Waals surface area contributed by atoms with Crippen molar-refractivity contribution in [1.82, 2.24) is 4.90 Å². The number of esters is 1. The molecular formula is C51H79NO13. The van der Waals surface area contributed by atoms with Gasteiger partial charge in [-0.3, -0.25) is 19.2 Å². The van der Waals surface area contributed by atoms with Gasteiger partial charge in [-0.05, 0) is 107 Å². The van der Waals surface area contributed by atoms with Gasteiger partial charge in [0.2, 0.25) is 5.79 Å². The van der Waals surface area contributed by atoms with Gasteiger partial charge in [0.1, 0.15) is 23.7 Å². The maximum Gasteiger partial charge on any atom is 0.329 e. The van der Waals surface area contributed by atoms with E-state index in [4.69, 9.17) is 14.2 Å². The number of aliphatic hydroxyl groups is 5. The number of ether oxygens (including phenoxy) is 3. The second-order valence-electron chi connectivity index (χ2n) is 19.9. The van der Waals surface area contributed by atoms with Crippen molar-refractivity contribution in [2.45, 2.75) is 168 Å². The van der Waals surface area contributed by atoms with Crippen molar-refractivity contribution < 1.29 is 63.7 Å². The standard InChI is InChI=1S/C51H79NO13/c1-30-14-10-9-11-15-31(2)44(63-8)26-39-19-17-36(7)51(62,65-39)48(59)49(60)52-21-13-12-16-41(52)50(61)64-45(33(4)24-37-18-20-42(55)38(25-37)28-53)27-43(56)32(3)23-35(6)47(58)40(29-54)46(57)34(5)22-30/h9-11,14-15,23,30,32-34,36-42,44-45,47,53-55,58,62H,12-13,16-22,24-29H2,1-8H3/b11-9?,14-10+,31-15?,35-23+/t30-,32-,33-,34+,36-,37+,38+,39+,40+,41+,42-,44-,45+,47-,51-/m1/s1. The summed E-state index contributed by atoms with van der Waals surface area (Å²) in [6.45, 7) is 11.8. The van der Waals surface area contributed by atoms with Gasteiger partial charge in [0.05, 0.1) is 36.9 Å². The Morgan fingerprint density at radius 2 is 1.60 bits per heavy atom. The molecule has 3 fully saturated rings. The first-order valence-corrected chi connectivity index (χ1v) is 24.1. The average Bonchev–Trinajstić information content (AvgIpc) is 3.28. The lowest BCUT2D eigenvalue weighted by atomic mass is 9.75. The SMILES string of the molecule is CO[C@@H]1C[C@@H]2CC[C@@H](C)[C@@](O)(O2)C(=O)C(=O)N2CCCC[C@H]2C(=O)O[C@H]([C@H](C)C[C@@H]2CC[C@@H](O)[C@H](CO)C2)CC(=O)[C@H](C)/C=C(\C)[C@@H](O)[C@@H](CO)C(=O)[C@@H](C)C[C@H](C)/C=C/C=CC=C1C. The lowest BCUT2D eigenvalue weighted by molar-refractivity contribution is -0.265. The molecule has 0 unspecified atom stereocenters. The third kappa shape index (κ3) is 14.3. The van der Waals surface area contributed by atoms with E-state index < -0.39 is 90.3 Å². The molecule has 65 heavy (non-hydrogen) atoms. The first kappa shape index (κ1) is 54.2. The van der Waals surface area contributed by atoms with Gasteiger partial charge in [0, 0.05) is 56.8 Å². The fourth-order valence-electron chi connectivity index (χ4n) is 10.3. The van der Waals surface area contributed by atoms with Crippen LogP contribution in [0.25, 0.3) is 0 Å². The largest absolute Gasteiger partial charge is 0.460 e. The molecule has 2 bridgehead atoms. The highest BCUT2D eigenvalue weighted by Gasteiger charge is 2.53. The van der Waals surface area contributed by atoms with Gasteiger partial charge in [-0.2, -0.15) is 0 Å². The fourth-order valence-corrected chi connectivity index (χ4v) is 10.3. The Balaban J connectivity index is 1.70. The molecule has 0 aromatic heterocycles. The molecule has 3 heterocycles. The van der Waals surface area contributed by atoms with Crippen LogP contribution in [0.3, 0.4) is 0 Å². The lowest BCUT2D eigenvalue weighted by Gasteiger charge is -2.42. The van der Waals surface area contributed by atoms with E-state index >= 15 is 0 Å². The molecule has 5 N–H and O–H groups in total. The molecule has 1 aliphatic carbocycles. The Kier molecular flexibility index (Phi) is 21.0. The Labute approximate surface area is 386 Å². The van der Waals surface area contributed by atoms with Gasteiger partial charge >= 0.3 is 5.97 Å². The maximum atomic E-state index is 14.3. The van der Waals surface area contributed by atoms with Crippen LogP contribution in [0.1, 0.15) is 126 Å². The molecule has 0 aromatic carbocycles. The number of Topliss-reactive ketones (excluding diaryl/α,β-unsaturated/α-hetero) is 3. The predicted molar refractivity (Wildman–Crippen MR) is 245 cm³/mol. The highest BCUT2D eigenvalue weighted by molar-refractivity contribution is 6.39. The zero-order valence-corrected chi connectivity index (χ0v) is 40.1. The number of aliphatic hydroxyl groups excluding tert-OH is 4. The van der Waals surface area contributed by atoms with E-state index in [1.54, 1.807) is 40.9 Å². The first-order chi connectivity index (χ1) is 30.7. The molecular weight excluding hydrogens is 835 g/mol. The van der Waals surface area contributed by atoms with E-state index in [1.165, 1.54) is 4.90 Å². The summed E-state index contributed by atoms with van der Waals surface area (Å²) in [5, 5.41) is 54.0. The van der Waals surface area contributed by atoms with E-state index in [9.17, 15) is 49.5 Å². The van der Waals surface area contributed by atoms with Gasteiger partial charge < -0.3 is 44.6 Å². The van der Waals surface area contributed by atoms with Gasteiger partial charge in [-0.1, -0.05) is 71.1 Å². The Morgan fingerprint density at radius 3 is 2.28 bits per heavy atom. The number of carbonyl (C=O) groups excluding carboxylic acids is 5. The Morgan fingerprint density at radius 1 is 0.877 bits per heavy atom. The number of nitrogens with zero attached hydrogens (tertiary/aromatic N) is 1. The summed E-state index contributed by atoms with van der Waals surface area (Å²) < 4.78 is 18.2. The van der Waals surface area contributed by atoms with Gasteiger partial charge in [0.15, 0.2) is 0 Å². The minimum atomic E-state index is -2.44. The van der Waals surface area contributed by atoms with Crippen LogP contribution in [0.5, 0.6) is 0 Å². The van der Waals surface area contributed by atoms with E-state index in [2.05, 4.69) is 0 Å². The van der Waals surface area contributed by atoms with E-state index in [0.29, 0.717) is 69.8 Å². The highest BCUT2D eigenvalue weighted by atomic mass is 16.6. The zero-order valence-electron chi connectivity index (χ0n) is 40.1. The molecule has 0 aromatic rings. The van der Waals surface area contributed by atoms with Crippen LogP contribution in [0.4, 0.5) is 0 Å². The number of piperidine rings is 1. The molecule has 4 rings (SSSR count). The molecule has 0 radical (unpaired) electrons. The summed E-state index contributed by atoms with van der Waals surface area (Å²) in [7, 11) is 1.57. The van der Waals surface area contributed by atoms with Crippen molar-refractivity contribution in [3.8, 4) is 0 Å². The lowest BCUT2D eigenvalue weighted by Crippen LogP contribution is -2.61. The van der Waals surface area contributed by atoms with Crippen LogP contribution in [-0.2, 0) is 38.2 Å². The van der Waals surface area contributed by atoms with Crippen molar-refractivity contribution in [2.24, 2.45) is 47.3 Å². The minimum absolute atomic E-state index is 0.0117. The van der Waals surface area contributed by atoms with Crippen LogP contribution in [0, 0.1) is 47.3 Å². The van der Waals surface area contributed by atoms with Crippen molar-refractivity contribution in [3.63, 3.8) is 0 Å². The van der Waals surface area contributed by atoms with Crippen LogP contribution in [0.2, 0.25) is 0 Å². The summed E-state index contributed by atoms with van der Waals surface area (Å²) in [6, 6.07) is -1.16. The van der Waals surface area contributed by atoms with Crippen LogP contribution in [-0.4, -0.2) is 129 Å². The fraction of sp³-hybridized carbons (Fsp3) is 0.745. The van der Waals surface area contributed by atoms with Crippen molar-refractivity contribution >= 4 is 29.2 Å². The Hall–Kier alpha value is -3.37. The second-order valence-corrected chi connectivity index (χ2v) is 19.9. The normalized spacial score (nSPS) is 39.1. The molecule has 2 saturated heterocycles. The molecule has 0 spiro atoms. The summed E-state index contributed by atoms with van der Waals surface area (Å²) in [4.78, 5) is 71.6. The number of carbonyl (C=O) groups is 5. The second kappa shape index (κ2) is 25.1. The van der Waals surface area contributed by atoms with E-state index in [1.807, 2.05) is 51.2 Å². The van der Waals surface area contributed by atoms with Crippen LogP contribution < -0.4 is 0 Å². The number of hydrogen-bond donors (Lipinski definition) is 5. The monoisotopic (exact) mass is 914 g/mol. The molecule has 366 valence electrons. The molecule has 14 nitrogen and oxygen atoms in total. The minimum Gasteiger partial charge on any atom is -0.460 e. The quantitative estimate of drug-likeness (QED) is 0.129. The third-order valence-electron chi connectivity index (χ3n) is 14.7. The number of fused-ring (bicyclic) bond motifs is 3. The summed E-state index contributed by atoms with van der Waals surface area (Å²) >= 11 is 0. The highest BCUT2D eigenvalue weighted by Crippen LogP contribution is 2.38. The topological polar surface area (TPSA) is 217 Å². The summed E-state index contributed by atoms with van der Waals surface area (Å²) in [6.07, 6.45) is 12.1. The number of rotatable bonds is 6. The van der Waals surface area contributed by atoms with Crippen molar-refractivity contribution in [3.05, 3.63) is 47.6 Å². The number of amides is 1. The third-order valence-corrected chi connectivity index (χ3v) is 14.7. The van der Waals surface area contributed by atoms with Crippen molar-refractivity contribution in [2.75, 3.05) is 26.9 Å². The number of ketones is 3. The van der Waals surface area contributed by atoms with Gasteiger partial charge in [0.25, 0.3) is 11.7 Å². The molecule has 15 atom stereocenters. The molecule has 3 aliphatic heterocycles. The van der Waals surface area contributed by atoms with Gasteiger partial charge in [-0.15, -0.1) is 0 Å². The van der Waals surface area contributed by atoms with Crippen LogP contribution >= 0.6 is 0 Å². The van der Waals surface area contributed by atoms with E-state index in [0.717, 1.165) is 5.57 Å². The van der Waals surface area contributed by atoms with E-state index in [-0.39, 0.29) is 61.2 Å². The number of allylic oxidation sites excluding steroid dienone is 6. The van der Waals surface area contributed by atoms with Crippen LogP contribution in [0.15, 0.2) is 47.6 Å². The number of cyclic esters (lactones) is 1. The smallest absolute Gasteiger partial charge is 0.329 e. The Bertz CT molecular complexity index is 1760. The zero-order chi connectivity index (χ0) is 48.2. The average molecular weight is 914 g/mol. The molecule has 4 aliphatic rings. The number of hydrogen-bond acceptors (Lipinski definition) is 13. The van der Waals surface area contributed by atoms with Gasteiger partial charge in [-0.25, -0.2) is 4.79 Å². The molecule has 1 amide bonds. The number of methoxy groups -OCH3 is 1. The molecule has 1 saturated carbocycles. The van der Waals surface area contributed by atoms with Crippen molar-refractivity contribution in [1.29, 1.82) is 0 Å². The predicted octanol–water partition coefficient (Wildman–Crippen LogP) is 5.37. The summed E-state index contributed by atoms with van der Waals surface area (Å²) in [5.41, 5.74) is 1.21. The molecule has 14 heteroatoms. The summed E-state index contributed by atoms with van der Waals surface area (Å²) in [5.74, 6) is -9.71. The maximum absolute atomic E-state index is 14.3. The first-order valence-electron chi connectivity index (χ1n) is 24.1.